The molecule has 3 rings (SSSR count). The minimum absolute atomic E-state index is 0.0210. The Morgan fingerprint density at radius 3 is 2.85 bits per heavy atom. The predicted molar refractivity (Wildman–Crippen MR) is 96.2 cm³/mol. The Bertz CT molecular complexity index is 764. The summed E-state index contributed by atoms with van der Waals surface area (Å²) in [5.41, 5.74) is 0. The molecule has 0 saturated carbocycles. The topological polar surface area (TPSA) is 91.4 Å². The molecule has 1 amide bonds. The number of benzene rings is 1. The molecule has 1 fully saturated rings. The van der Waals surface area contributed by atoms with Gasteiger partial charge in [-0.05, 0) is 19.1 Å². The van der Waals surface area contributed by atoms with Crippen molar-refractivity contribution in [1.29, 1.82) is 0 Å². The Labute approximate surface area is 160 Å². The van der Waals surface area contributed by atoms with E-state index in [0.29, 0.717) is 16.5 Å². The van der Waals surface area contributed by atoms with Gasteiger partial charge < -0.3 is 23.8 Å². The molecular weight excluding hydrogens is 374 g/mol. The van der Waals surface area contributed by atoms with Crippen LogP contribution in [0, 0.1) is 0 Å². The monoisotopic (exact) mass is 393 g/mol. The highest BCUT2D eigenvalue weighted by atomic mass is 32.2. The first kappa shape index (κ1) is 19.1. The number of ether oxygens (including phenoxy) is 4. The molecule has 0 aliphatic carbocycles. The van der Waals surface area contributed by atoms with E-state index < -0.39 is 18.0 Å². The van der Waals surface area contributed by atoms with E-state index in [1.807, 2.05) is 6.07 Å². The number of hydrogen-bond acceptors (Lipinski definition) is 8. The highest BCUT2D eigenvalue weighted by Gasteiger charge is 2.30. The molecule has 0 unspecified atom stereocenters. The van der Waals surface area contributed by atoms with Gasteiger partial charge in [-0.1, -0.05) is 23.9 Å². The maximum Gasteiger partial charge on any atom is 0.351 e. The summed E-state index contributed by atoms with van der Waals surface area (Å²) in [6.07, 6.45) is 0.411. The number of carbonyl (C=O) groups is 3. The normalized spacial score (nSPS) is 19.9. The van der Waals surface area contributed by atoms with E-state index in [1.165, 1.54) is 22.7 Å². The fourth-order valence-electron chi connectivity index (χ4n) is 2.52. The third-order valence-electron chi connectivity index (χ3n) is 3.77. The Hall–Kier alpha value is -2.68. The molecule has 0 bridgehead atoms. The molecule has 0 radical (unpaired) electrons. The van der Waals surface area contributed by atoms with Crippen LogP contribution in [0.2, 0.25) is 0 Å². The first-order chi connectivity index (χ1) is 13.1. The number of para-hydroxylation sites is 2. The molecule has 1 aromatic rings. The molecule has 0 aromatic heterocycles. The van der Waals surface area contributed by atoms with Crippen molar-refractivity contribution in [3.8, 4) is 11.5 Å². The molecule has 2 aliphatic heterocycles. The molecule has 1 saturated heterocycles. The van der Waals surface area contributed by atoms with Crippen LogP contribution in [0.1, 0.15) is 6.92 Å². The summed E-state index contributed by atoms with van der Waals surface area (Å²) in [6, 6.07) is 7.06. The maximum atomic E-state index is 12.2. The molecule has 9 heteroatoms. The van der Waals surface area contributed by atoms with Gasteiger partial charge in [-0.2, -0.15) is 0 Å². The van der Waals surface area contributed by atoms with E-state index in [0.717, 1.165) is 0 Å². The number of nitrogens with zero attached hydrogens (tertiary/aromatic N) is 1. The molecule has 2 heterocycles. The molecule has 1 aromatic carbocycles. The lowest BCUT2D eigenvalue weighted by Crippen LogP contribution is -2.39. The average Bonchev–Trinajstić information content (AvgIpc) is 3.01. The van der Waals surface area contributed by atoms with E-state index in [1.54, 1.807) is 25.1 Å². The van der Waals surface area contributed by atoms with Gasteiger partial charge in [0.05, 0.1) is 30.0 Å². The van der Waals surface area contributed by atoms with Crippen LogP contribution in [0.15, 0.2) is 35.4 Å². The van der Waals surface area contributed by atoms with Crippen LogP contribution in [0.25, 0.3) is 0 Å². The fraction of sp³-hybridized carbons (Fsp3) is 0.389. The van der Waals surface area contributed by atoms with Crippen molar-refractivity contribution in [2.24, 2.45) is 0 Å². The number of amides is 1. The highest BCUT2D eigenvalue weighted by molar-refractivity contribution is 8.04. The van der Waals surface area contributed by atoms with Gasteiger partial charge in [0, 0.05) is 0 Å². The van der Waals surface area contributed by atoms with Crippen LogP contribution in [-0.4, -0.2) is 61.0 Å². The number of rotatable bonds is 6. The second kappa shape index (κ2) is 8.81. The number of fused-ring (bicyclic) bond motifs is 1. The van der Waals surface area contributed by atoms with Gasteiger partial charge in [0.2, 0.25) is 12.0 Å². The van der Waals surface area contributed by atoms with Gasteiger partial charge in [0.1, 0.15) is 13.2 Å². The summed E-state index contributed by atoms with van der Waals surface area (Å²) >= 11 is 1.24. The first-order valence-corrected chi connectivity index (χ1v) is 9.43. The van der Waals surface area contributed by atoms with Gasteiger partial charge in [0.25, 0.3) is 0 Å². The highest BCUT2D eigenvalue weighted by Crippen LogP contribution is 2.31. The Balaban J connectivity index is 1.50. The summed E-state index contributed by atoms with van der Waals surface area (Å²) in [6.45, 7) is 2.14. The molecule has 144 valence electrons. The van der Waals surface area contributed by atoms with Crippen LogP contribution < -0.4 is 9.47 Å². The van der Waals surface area contributed by atoms with Crippen LogP contribution in [-0.2, 0) is 23.9 Å². The number of hydrogen-bond donors (Lipinski definition) is 0. The summed E-state index contributed by atoms with van der Waals surface area (Å²) in [7, 11) is 0. The number of esters is 2. The zero-order chi connectivity index (χ0) is 19.2. The lowest BCUT2D eigenvalue weighted by atomic mass is 10.2. The smallest absolute Gasteiger partial charge is 0.351 e. The second-order valence-corrected chi connectivity index (χ2v) is 6.60. The van der Waals surface area contributed by atoms with Crippen LogP contribution in [0.4, 0.5) is 0 Å². The average molecular weight is 393 g/mol. The van der Waals surface area contributed by atoms with Crippen molar-refractivity contribution < 1.29 is 33.3 Å². The van der Waals surface area contributed by atoms with Gasteiger partial charge in [-0.3, -0.25) is 4.79 Å². The zero-order valence-corrected chi connectivity index (χ0v) is 15.5. The Morgan fingerprint density at radius 2 is 2.07 bits per heavy atom. The van der Waals surface area contributed by atoms with E-state index >= 15 is 0 Å². The largest absolute Gasteiger partial charge is 0.485 e. The Morgan fingerprint density at radius 1 is 1.30 bits per heavy atom. The lowest BCUT2D eigenvalue weighted by Gasteiger charge is -2.25. The van der Waals surface area contributed by atoms with E-state index in [2.05, 4.69) is 0 Å². The minimum Gasteiger partial charge on any atom is -0.485 e. The van der Waals surface area contributed by atoms with Crippen LogP contribution in [0.5, 0.6) is 11.5 Å². The SMILES string of the molecule is CCOC(=O)/C=C1\SCC(=O)N1CCOC(=O)[C@@H]1COc2ccccc2O1. The van der Waals surface area contributed by atoms with E-state index in [4.69, 9.17) is 18.9 Å². The van der Waals surface area contributed by atoms with Gasteiger partial charge >= 0.3 is 11.9 Å². The molecule has 0 N–H and O–H groups in total. The lowest BCUT2D eigenvalue weighted by molar-refractivity contribution is -0.155. The standard InChI is InChI=1S/C18H19NO7S/c1-2-23-17(21)9-16-19(15(20)11-27-16)7-8-24-18(22)14-10-25-12-5-3-4-6-13(12)26-14/h3-6,9,14H,2,7-8,10-11H2,1H3/b16-9-/t14-/m0/s1. The van der Waals surface area contributed by atoms with Crippen molar-refractivity contribution in [2.45, 2.75) is 13.0 Å². The molecule has 27 heavy (non-hydrogen) atoms. The van der Waals surface area contributed by atoms with Gasteiger partial charge in [-0.25, -0.2) is 9.59 Å². The summed E-state index contributed by atoms with van der Waals surface area (Å²) in [5.74, 6) is 0.0577. The third-order valence-corrected chi connectivity index (χ3v) is 4.79. The first-order valence-electron chi connectivity index (χ1n) is 8.45. The zero-order valence-electron chi connectivity index (χ0n) is 14.7. The Kier molecular flexibility index (Phi) is 6.23. The molecular formula is C18H19NO7S. The molecule has 0 spiro atoms. The van der Waals surface area contributed by atoms with Crippen molar-refractivity contribution in [3.05, 3.63) is 35.4 Å². The minimum atomic E-state index is -0.863. The molecule has 8 nitrogen and oxygen atoms in total. The van der Waals surface area contributed by atoms with Crippen molar-refractivity contribution >= 4 is 29.6 Å². The maximum absolute atomic E-state index is 12.2. The summed E-state index contributed by atoms with van der Waals surface area (Å²) in [5, 5.41) is 0.487. The number of thioether (sulfide) groups is 1. The molecule has 2 aliphatic rings. The summed E-state index contributed by atoms with van der Waals surface area (Å²) < 4.78 is 21.1. The summed E-state index contributed by atoms with van der Waals surface area (Å²) in [4.78, 5) is 37.1. The van der Waals surface area contributed by atoms with Gasteiger partial charge in [-0.15, -0.1) is 0 Å². The van der Waals surface area contributed by atoms with Crippen molar-refractivity contribution in [3.63, 3.8) is 0 Å². The third kappa shape index (κ3) is 4.73. The quantitative estimate of drug-likeness (QED) is 0.528. The second-order valence-electron chi connectivity index (χ2n) is 5.60. The van der Waals surface area contributed by atoms with Crippen molar-refractivity contribution in [2.75, 3.05) is 32.1 Å². The molecule has 1 atom stereocenters. The number of carbonyl (C=O) groups excluding carboxylic acids is 3. The van der Waals surface area contributed by atoms with E-state index in [9.17, 15) is 14.4 Å². The predicted octanol–water partition coefficient (Wildman–Crippen LogP) is 1.35. The van der Waals surface area contributed by atoms with E-state index in [-0.39, 0.29) is 38.0 Å². The van der Waals surface area contributed by atoms with Crippen molar-refractivity contribution in [1.82, 2.24) is 4.90 Å². The van der Waals surface area contributed by atoms with Crippen LogP contribution in [0.3, 0.4) is 0 Å². The van der Waals surface area contributed by atoms with Crippen LogP contribution >= 0.6 is 11.8 Å². The fourth-order valence-corrected chi connectivity index (χ4v) is 3.48. The van der Waals surface area contributed by atoms with Gasteiger partial charge in [0.15, 0.2) is 11.5 Å².